The number of rotatable bonds is 6. The summed E-state index contributed by atoms with van der Waals surface area (Å²) in [5.41, 5.74) is 2.95. The second kappa shape index (κ2) is 10.2. The van der Waals surface area contributed by atoms with Gasteiger partial charge in [-0.25, -0.2) is 9.78 Å². The second-order valence-electron chi connectivity index (χ2n) is 8.58. The van der Waals surface area contributed by atoms with Crippen molar-refractivity contribution in [1.82, 2.24) is 9.55 Å². The Labute approximate surface area is 220 Å². The first-order valence-electron chi connectivity index (χ1n) is 11.6. The normalized spacial score (nSPS) is 13.0. The van der Waals surface area contributed by atoms with Crippen LogP contribution in [0.15, 0.2) is 40.3 Å². The number of thiophene rings is 2. The number of carbonyl (C=O) groups is 2. The van der Waals surface area contributed by atoms with Crippen molar-refractivity contribution in [2.24, 2.45) is 0 Å². The van der Waals surface area contributed by atoms with Crippen molar-refractivity contribution in [3.63, 3.8) is 0 Å². The molecule has 0 radical (unpaired) electrons. The summed E-state index contributed by atoms with van der Waals surface area (Å²) in [6, 6.07) is 9.33. The molecule has 0 saturated carbocycles. The quantitative estimate of drug-likeness (QED) is 0.197. The van der Waals surface area contributed by atoms with Crippen molar-refractivity contribution in [2.45, 2.75) is 44.7 Å². The minimum absolute atomic E-state index is 0.0390. The molecule has 10 heteroatoms. The number of carbonyl (C=O) groups excluding carboxylic acids is 2. The van der Waals surface area contributed by atoms with Crippen LogP contribution < -0.4 is 10.9 Å². The van der Waals surface area contributed by atoms with Gasteiger partial charge in [0.2, 0.25) is 5.91 Å². The number of aromatic nitrogens is 2. The average Bonchev–Trinajstić information content (AvgIpc) is 3.38. The van der Waals surface area contributed by atoms with Crippen molar-refractivity contribution >= 4 is 61.5 Å². The topological polar surface area (TPSA) is 90.3 Å². The van der Waals surface area contributed by atoms with Gasteiger partial charge in [-0.2, -0.15) is 0 Å². The van der Waals surface area contributed by atoms with Crippen LogP contribution in [0.25, 0.3) is 15.9 Å². The summed E-state index contributed by atoms with van der Waals surface area (Å²) in [7, 11) is 1.36. The molecule has 1 aliphatic carbocycles. The number of ether oxygens (including phenoxy) is 1. The predicted molar refractivity (Wildman–Crippen MR) is 146 cm³/mol. The van der Waals surface area contributed by atoms with Crippen molar-refractivity contribution in [3.05, 3.63) is 67.1 Å². The summed E-state index contributed by atoms with van der Waals surface area (Å²) in [5, 5.41) is 4.52. The molecule has 4 aromatic rings. The molecule has 186 valence electrons. The Bertz CT molecular complexity index is 1540. The maximum atomic E-state index is 13.6. The van der Waals surface area contributed by atoms with Gasteiger partial charge in [0, 0.05) is 9.75 Å². The molecule has 1 aromatic carbocycles. The highest BCUT2D eigenvalue weighted by molar-refractivity contribution is 7.99. The molecule has 5 rings (SSSR count). The van der Waals surface area contributed by atoms with Crippen LogP contribution in [0.3, 0.4) is 0 Å². The van der Waals surface area contributed by atoms with E-state index in [0.29, 0.717) is 31.6 Å². The number of methoxy groups -OCH3 is 1. The first kappa shape index (κ1) is 24.7. The Morgan fingerprint density at radius 1 is 1.14 bits per heavy atom. The highest BCUT2D eigenvalue weighted by Crippen LogP contribution is 2.38. The molecule has 0 fully saturated rings. The summed E-state index contributed by atoms with van der Waals surface area (Å²) in [6.45, 7) is 3.92. The van der Waals surface area contributed by atoms with E-state index >= 15 is 0 Å². The summed E-state index contributed by atoms with van der Waals surface area (Å²) in [5.74, 6) is -0.654. The Morgan fingerprint density at radius 3 is 2.64 bits per heavy atom. The summed E-state index contributed by atoms with van der Waals surface area (Å²) >= 11 is 4.14. The van der Waals surface area contributed by atoms with Crippen LogP contribution in [-0.2, 0) is 22.4 Å². The van der Waals surface area contributed by atoms with Gasteiger partial charge in [-0.3, -0.25) is 14.2 Å². The fourth-order valence-corrected chi connectivity index (χ4v) is 7.62. The molecular formula is C26H25N3O4S3. The standard InChI is InChI=1S/C26H25N3O4S3/c1-14-15(2)35-22-20(14)24(31)29(16-9-5-4-6-10-16)26(28-22)34-13-19(30)27-23-21(25(32)33-3)17-11-7-8-12-18(17)36-23/h4-6,9-10H,7-8,11-13H2,1-3H3,(H,27,30). The van der Waals surface area contributed by atoms with Gasteiger partial charge in [0.25, 0.3) is 5.56 Å². The summed E-state index contributed by atoms with van der Waals surface area (Å²) in [6.07, 6.45) is 3.81. The summed E-state index contributed by atoms with van der Waals surface area (Å²) in [4.78, 5) is 46.7. The van der Waals surface area contributed by atoms with Gasteiger partial charge in [-0.15, -0.1) is 22.7 Å². The zero-order valence-electron chi connectivity index (χ0n) is 20.2. The zero-order valence-corrected chi connectivity index (χ0v) is 22.6. The van der Waals surface area contributed by atoms with E-state index in [0.717, 1.165) is 46.6 Å². The van der Waals surface area contributed by atoms with Crippen LogP contribution >= 0.6 is 34.4 Å². The number of thioether (sulfide) groups is 1. The van der Waals surface area contributed by atoms with Gasteiger partial charge in [-0.05, 0) is 62.8 Å². The first-order chi connectivity index (χ1) is 17.4. The molecular weight excluding hydrogens is 515 g/mol. The number of hydrogen-bond donors (Lipinski definition) is 1. The smallest absolute Gasteiger partial charge is 0.341 e. The van der Waals surface area contributed by atoms with Crippen molar-refractivity contribution in [1.29, 1.82) is 0 Å². The van der Waals surface area contributed by atoms with Gasteiger partial charge in [-0.1, -0.05) is 30.0 Å². The monoisotopic (exact) mass is 539 g/mol. The molecule has 3 heterocycles. The van der Waals surface area contributed by atoms with Gasteiger partial charge in [0.15, 0.2) is 5.16 Å². The fraction of sp³-hybridized carbons (Fsp3) is 0.308. The number of nitrogens with one attached hydrogen (secondary N) is 1. The lowest BCUT2D eigenvalue weighted by Crippen LogP contribution is -2.23. The Morgan fingerprint density at radius 2 is 1.89 bits per heavy atom. The number of fused-ring (bicyclic) bond motifs is 2. The van der Waals surface area contributed by atoms with E-state index in [4.69, 9.17) is 9.72 Å². The molecule has 0 bridgehead atoms. The van der Waals surface area contributed by atoms with Crippen molar-refractivity contribution in [3.8, 4) is 5.69 Å². The van der Waals surface area contributed by atoms with Gasteiger partial charge < -0.3 is 10.1 Å². The molecule has 1 N–H and O–H groups in total. The van der Waals surface area contributed by atoms with E-state index in [1.54, 1.807) is 4.57 Å². The molecule has 3 aromatic heterocycles. The number of nitrogens with zero attached hydrogens (tertiary/aromatic N) is 2. The lowest BCUT2D eigenvalue weighted by atomic mass is 9.95. The molecule has 1 aliphatic rings. The van der Waals surface area contributed by atoms with E-state index in [2.05, 4.69) is 5.32 Å². The highest BCUT2D eigenvalue weighted by atomic mass is 32.2. The molecule has 0 unspecified atom stereocenters. The van der Waals surface area contributed by atoms with E-state index in [1.807, 2.05) is 44.2 Å². The van der Waals surface area contributed by atoms with Crippen LogP contribution in [0.5, 0.6) is 0 Å². The molecule has 7 nitrogen and oxygen atoms in total. The first-order valence-corrected chi connectivity index (χ1v) is 14.2. The van der Waals surface area contributed by atoms with E-state index in [9.17, 15) is 14.4 Å². The lowest BCUT2D eigenvalue weighted by molar-refractivity contribution is -0.113. The van der Waals surface area contributed by atoms with E-state index in [1.165, 1.54) is 41.5 Å². The number of benzene rings is 1. The largest absolute Gasteiger partial charge is 0.465 e. The third-order valence-corrected chi connectivity index (χ3v) is 9.58. The number of hydrogen-bond acceptors (Lipinski definition) is 8. The Balaban J connectivity index is 1.45. The molecule has 1 amide bonds. The van der Waals surface area contributed by atoms with Crippen molar-refractivity contribution < 1.29 is 14.3 Å². The third kappa shape index (κ3) is 4.49. The molecule has 36 heavy (non-hydrogen) atoms. The van der Waals surface area contributed by atoms with Gasteiger partial charge >= 0.3 is 5.97 Å². The number of aryl methyl sites for hydroxylation is 3. The fourth-order valence-electron chi connectivity index (χ4n) is 4.44. The molecule has 0 spiro atoms. The number of para-hydroxylation sites is 1. The number of esters is 1. The molecule has 0 aliphatic heterocycles. The van der Waals surface area contributed by atoms with Gasteiger partial charge in [0.05, 0.1) is 29.5 Å². The van der Waals surface area contributed by atoms with E-state index in [-0.39, 0.29) is 17.2 Å². The maximum absolute atomic E-state index is 13.6. The average molecular weight is 540 g/mol. The Hall–Kier alpha value is -2.95. The second-order valence-corrected chi connectivity index (χ2v) is 11.8. The number of anilines is 1. The minimum Gasteiger partial charge on any atom is -0.465 e. The van der Waals surface area contributed by atoms with E-state index < -0.39 is 5.97 Å². The van der Waals surface area contributed by atoms with Crippen LogP contribution in [0.1, 0.15) is 44.1 Å². The predicted octanol–water partition coefficient (Wildman–Crippen LogP) is 5.52. The van der Waals surface area contributed by atoms with Crippen LogP contribution in [-0.4, -0.2) is 34.3 Å². The zero-order chi connectivity index (χ0) is 25.4. The van der Waals surface area contributed by atoms with Gasteiger partial charge in [0.1, 0.15) is 9.83 Å². The maximum Gasteiger partial charge on any atom is 0.341 e. The molecule has 0 atom stereocenters. The highest BCUT2D eigenvalue weighted by Gasteiger charge is 2.27. The summed E-state index contributed by atoms with van der Waals surface area (Å²) < 4.78 is 6.58. The third-order valence-electron chi connectivity index (χ3n) is 6.33. The van der Waals surface area contributed by atoms with Crippen LogP contribution in [0.4, 0.5) is 5.00 Å². The molecule has 0 saturated heterocycles. The SMILES string of the molecule is COC(=O)c1c(NC(=O)CSc2nc3sc(C)c(C)c3c(=O)n2-c2ccccc2)sc2c1CCCC2. The Kier molecular flexibility index (Phi) is 7.00. The number of amides is 1. The van der Waals surface area contributed by atoms with Crippen LogP contribution in [0.2, 0.25) is 0 Å². The lowest BCUT2D eigenvalue weighted by Gasteiger charge is -2.13. The van der Waals surface area contributed by atoms with Crippen molar-refractivity contribution in [2.75, 3.05) is 18.2 Å². The minimum atomic E-state index is -0.425. The van der Waals surface area contributed by atoms with Crippen LogP contribution in [0, 0.1) is 13.8 Å².